The highest BCUT2D eigenvalue weighted by Gasteiger charge is 2.27. The largest absolute Gasteiger partial charge is 0.490 e. The fourth-order valence-corrected chi connectivity index (χ4v) is 5.84. The molecule has 2 aromatic carbocycles. The minimum Gasteiger partial charge on any atom is -0.490 e. The lowest BCUT2D eigenvalue weighted by atomic mass is 10.3. The van der Waals surface area contributed by atoms with Crippen molar-refractivity contribution < 1.29 is 22.7 Å². The van der Waals surface area contributed by atoms with Gasteiger partial charge < -0.3 is 14.8 Å². The number of nitrogens with one attached hydrogen (secondary N) is 1. The van der Waals surface area contributed by atoms with Crippen molar-refractivity contribution in [3.63, 3.8) is 0 Å². The fourth-order valence-electron chi connectivity index (χ4n) is 3.41. The molecule has 2 aromatic rings. The Morgan fingerprint density at radius 1 is 1.03 bits per heavy atom. The van der Waals surface area contributed by atoms with Crippen molar-refractivity contribution in [1.29, 1.82) is 0 Å². The molecule has 1 saturated heterocycles. The molecule has 0 unspecified atom stereocenters. The number of carbonyl (C=O) groups is 1. The summed E-state index contributed by atoms with van der Waals surface area (Å²) in [4.78, 5) is 13.5. The maximum Gasteiger partial charge on any atom is 0.243 e. The lowest BCUT2D eigenvalue weighted by Crippen LogP contribution is -2.28. The Balaban J connectivity index is 1.41. The van der Waals surface area contributed by atoms with Gasteiger partial charge in [-0.1, -0.05) is 11.6 Å². The molecule has 31 heavy (non-hydrogen) atoms. The quantitative estimate of drug-likeness (QED) is 0.626. The van der Waals surface area contributed by atoms with Crippen LogP contribution in [0.1, 0.15) is 19.3 Å². The molecule has 0 spiro atoms. The molecular weight excluding hydrogens is 460 g/mol. The Morgan fingerprint density at radius 2 is 1.77 bits per heavy atom. The number of benzene rings is 2. The van der Waals surface area contributed by atoms with Crippen LogP contribution in [0.4, 0.5) is 5.69 Å². The van der Waals surface area contributed by atoms with Gasteiger partial charge in [-0.15, -0.1) is 11.8 Å². The highest BCUT2D eigenvalue weighted by molar-refractivity contribution is 8.00. The van der Waals surface area contributed by atoms with Gasteiger partial charge in [0.05, 0.1) is 34.6 Å². The van der Waals surface area contributed by atoms with E-state index in [1.165, 1.54) is 34.3 Å². The summed E-state index contributed by atoms with van der Waals surface area (Å²) in [5.41, 5.74) is 0.284. The van der Waals surface area contributed by atoms with Crippen LogP contribution in [0.25, 0.3) is 0 Å². The summed E-state index contributed by atoms with van der Waals surface area (Å²) in [6.07, 6.45) is 2.54. The second-order valence-electron chi connectivity index (χ2n) is 7.25. The number of anilines is 1. The number of carbonyl (C=O) groups excluding carboxylic acids is 1. The number of hydrogen-bond acceptors (Lipinski definition) is 6. The average molecular weight is 483 g/mol. The molecule has 2 aliphatic rings. The average Bonchev–Trinajstić information content (AvgIpc) is 3.21. The summed E-state index contributed by atoms with van der Waals surface area (Å²) in [6, 6.07) is 9.96. The lowest BCUT2D eigenvalue weighted by Gasteiger charge is -2.16. The third-order valence-electron chi connectivity index (χ3n) is 5.00. The number of nitrogens with zero attached hydrogens (tertiary/aromatic N) is 1. The molecule has 0 radical (unpaired) electrons. The molecule has 0 aliphatic carbocycles. The van der Waals surface area contributed by atoms with Crippen LogP contribution >= 0.6 is 23.4 Å². The number of ether oxygens (including phenoxy) is 2. The smallest absolute Gasteiger partial charge is 0.243 e. The van der Waals surface area contributed by atoms with E-state index in [1.54, 1.807) is 0 Å². The molecule has 1 amide bonds. The minimum absolute atomic E-state index is 0.129. The molecule has 4 rings (SSSR count). The third kappa shape index (κ3) is 5.28. The van der Waals surface area contributed by atoms with Crippen molar-refractivity contribution in [2.75, 3.05) is 37.4 Å². The molecule has 0 aromatic heterocycles. The number of thioether (sulfide) groups is 1. The van der Waals surface area contributed by atoms with Crippen LogP contribution in [0.2, 0.25) is 5.02 Å². The molecule has 166 valence electrons. The van der Waals surface area contributed by atoms with Gasteiger partial charge in [-0.2, -0.15) is 4.31 Å². The van der Waals surface area contributed by atoms with Crippen molar-refractivity contribution in [3.8, 4) is 11.5 Å². The Kier molecular flexibility index (Phi) is 6.95. The summed E-state index contributed by atoms with van der Waals surface area (Å²) in [6.45, 7) is 2.24. The van der Waals surface area contributed by atoms with Crippen molar-refractivity contribution in [2.24, 2.45) is 0 Å². The van der Waals surface area contributed by atoms with E-state index >= 15 is 0 Å². The second-order valence-corrected chi connectivity index (χ2v) is 10.6. The first-order valence-electron chi connectivity index (χ1n) is 10.1. The predicted octanol–water partition coefficient (Wildman–Crippen LogP) is 4.02. The molecule has 0 atom stereocenters. The van der Waals surface area contributed by atoms with Crippen molar-refractivity contribution in [2.45, 2.75) is 29.1 Å². The van der Waals surface area contributed by atoms with E-state index < -0.39 is 10.0 Å². The first-order chi connectivity index (χ1) is 14.9. The SMILES string of the molecule is O=C(CSc1ccc2c(c1)OCCCO2)Nc1cc(S(=O)(=O)N2CCCC2)ccc1Cl. The zero-order valence-electron chi connectivity index (χ0n) is 16.8. The van der Waals surface area contributed by atoms with E-state index in [4.69, 9.17) is 21.1 Å². The van der Waals surface area contributed by atoms with Crippen LogP contribution in [0.5, 0.6) is 11.5 Å². The summed E-state index contributed by atoms with van der Waals surface area (Å²) in [5.74, 6) is 1.23. The van der Waals surface area contributed by atoms with Crippen molar-refractivity contribution in [3.05, 3.63) is 41.4 Å². The van der Waals surface area contributed by atoms with Gasteiger partial charge in [0.2, 0.25) is 15.9 Å². The maximum atomic E-state index is 12.8. The summed E-state index contributed by atoms with van der Waals surface area (Å²) < 4.78 is 38.3. The molecular formula is C21H23ClN2O5S2. The zero-order valence-corrected chi connectivity index (χ0v) is 19.2. The van der Waals surface area contributed by atoms with Gasteiger partial charge in [0, 0.05) is 24.4 Å². The first kappa shape index (κ1) is 22.3. The second kappa shape index (κ2) is 9.68. The Hall–Kier alpha value is -1.94. The molecule has 1 fully saturated rings. The topological polar surface area (TPSA) is 84.9 Å². The standard InChI is InChI=1S/C21H23ClN2O5S2/c22-17-6-5-16(31(26,27)24-8-1-2-9-24)13-18(17)23-21(25)14-30-15-4-7-19-20(12-15)29-11-3-10-28-19/h4-7,12-13H,1-3,8-11,14H2,(H,23,25). The third-order valence-corrected chi connectivity index (χ3v) is 8.22. The number of halogens is 1. The number of amides is 1. The van der Waals surface area contributed by atoms with E-state index in [0.717, 1.165) is 24.2 Å². The van der Waals surface area contributed by atoms with Gasteiger partial charge in [-0.05, 0) is 49.2 Å². The number of fused-ring (bicyclic) bond motifs is 1. The van der Waals surface area contributed by atoms with Crippen molar-refractivity contribution in [1.82, 2.24) is 4.31 Å². The lowest BCUT2D eigenvalue weighted by molar-refractivity contribution is -0.113. The van der Waals surface area contributed by atoms with Crippen molar-refractivity contribution >= 4 is 45.0 Å². The predicted molar refractivity (Wildman–Crippen MR) is 121 cm³/mol. The van der Waals surface area contributed by atoms with Crippen LogP contribution in [0.15, 0.2) is 46.2 Å². The van der Waals surface area contributed by atoms with Crippen LogP contribution in [0, 0.1) is 0 Å². The molecule has 7 nitrogen and oxygen atoms in total. The minimum atomic E-state index is -3.59. The van der Waals surface area contributed by atoms with Crippen LogP contribution in [-0.4, -0.2) is 50.7 Å². The van der Waals surface area contributed by atoms with Gasteiger partial charge >= 0.3 is 0 Å². The molecule has 0 bridgehead atoms. The Morgan fingerprint density at radius 3 is 2.55 bits per heavy atom. The molecule has 1 N–H and O–H groups in total. The summed E-state index contributed by atoms with van der Waals surface area (Å²) in [5, 5.41) is 3.01. The molecule has 0 saturated carbocycles. The number of hydrogen-bond donors (Lipinski definition) is 1. The van der Waals surface area contributed by atoms with Gasteiger partial charge in [0.25, 0.3) is 0 Å². The zero-order chi connectivity index (χ0) is 21.8. The van der Waals surface area contributed by atoms with Gasteiger partial charge in [0.15, 0.2) is 11.5 Å². The normalized spacial score (nSPS) is 16.7. The van der Waals surface area contributed by atoms with Crippen LogP contribution in [-0.2, 0) is 14.8 Å². The summed E-state index contributed by atoms with van der Waals surface area (Å²) in [7, 11) is -3.59. The number of rotatable bonds is 6. The first-order valence-corrected chi connectivity index (χ1v) is 12.9. The van der Waals surface area contributed by atoms with Crippen LogP contribution < -0.4 is 14.8 Å². The number of sulfonamides is 1. The van der Waals surface area contributed by atoms with Gasteiger partial charge in [-0.25, -0.2) is 8.42 Å². The van der Waals surface area contributed by atoms with E-state index in [0.29, 0.717) is 37.8 Å². The fraction of sp³-hybridized carbons (Fsp3) is 0.381. The maximum absolute atomic E-state index is 12.8. The molecule has 2 aliphatic heterocycles. The monoisotopic (exact) mass is 482 g/mol. The Labute approximate surface area is 191 Å². The highest BCUT2D eigenvalue weighted by Crippen LogP contribution is 2.34. The van der Waals surface area contributed by atoms with E-state index in [9.17, 15) is 13.2 Å². The molecule has 2 heterocycles. The Bertz CT molecular complexity index is 1070. The molecule has 10 heteroatoms. The van der Waals surface area contributed by atoms with E-state index in [2.05, 4.69) is 5.32 Å². The van der Waals surface area contributed by atoms with Gasteiger partial charge in [-0.3, -0.25) is 4.79 Å². The van der Waals surface area contributed by atoms with Gasteiger partial charge in [0.1, 0.15) is 0 Å². The van der Waals surface area contributed by atoms with E-state index in [1.807, 2.05) is 18.2 Å². The van der Waals surface area contributed by atoms with Crippen LogP contribution in [0.3, 0.4) is 0 Å². The highest BCUT2D eigenvalue weighted by atomic mass is 35.5. The van der Waals surface area contributed by atoms with E-state index in [-0.39, 0.29) is 27.3 Å². The summed E-state index contributed by atoms with van der Waals surface area (Å²) >= 11 is 7.55.